The molecule has 4 heteroatoms. The van der Waals surface area contributed by atoms with Gasteiger partial charge in [-0.1, -0.05) is 0 Å². The molecular formula is C11H15BrN2O. The van der Waals surface area contributed by atoms with Crippen LogP contribution < -0.4 is 0 Å². The third kappa shape index (κ3) is 2.25. The summed E-state index contributed by atoms with van der Waals surface area (Å²) in [5.41, 5.74) is 1.28. The molecule has 1 aliphatic rings. The van der Waals surface area contributed by atoms with E-state index in [-0.39, 0.29) is 5.91 Å². The lowest BCUT2D eigenvalue weighted by molar-refractivity contribution is -0.129. The number of hydrogen-bond acceptors (Lipinski definition) is 1. The number of nitrogens with zero attached hydrogens (tertiary/aromatic N) is 1. The average molecular weight is 271 g/mol. The summed E-state index contributed by atoms with van der Waals surface area (Å²) in [6.45, 7) is 3.40. The van der Waals surface area contributed by atoms with Crippen LogP contribution in [-0.2, 0) is 4.79 Å². The van der Waals surface area contributed by atoms with Crippen LogP contribution in [0.15, 0.2) is 16.7 Å². The molecule has 0 spiro atoms. The van der Waals surface area contributed by atoms with Gasteiger partial charge in [0.25, 0.3) is 0 Å². The first-order valence-electron chi connectivity index (χ1n) is 5.27. The molecule has 0 bridgehead atoms. The number of likely N-dealkylation sites (tertiary alicyclic amines) is 1. The molecule has 1 aromatic heterocycles. The van der Waals surface area contributed by atoms with Crippen molar-refractivity contribution in [2.45, 2.75) is 25.7 Å². The van der Waals surface area contributed by atoms with Crippen molar-refractivity contribution in [2.75, 3.05) is 13.1 Å². The van der Waals surface area contributed by atoms with Gasteiger partial charge in [-0.05, 0) is 34.8 Å². The Bertz CT molecular complexity index is 353. The molecule has 0 saturated carbocycles. The summed E-state index contributed by atoms with van der Waals surface area (Å²) in [5, 5.41) is 0. The van der Waals surface area contributed by atoms with Crippen molar-refractivity contribution >= 4 is 21.8 Å². The summed E-state index contributed by atoms with van der Waals surface area (Å²) in [6, 6.07) is 2.03. The van der Waals surface area contributed by atoms with Crippen molar-refractivity contribution in [2.24, 2.45) is 0 Å². The van der Waals surface area contributed by atoms with E-state index in [1.807, 2.05) is 17.2 Å². The zero-order valence-corrected chi connectivity index (χ0v) is 10.4. The van der Waals surface area contributed by atoms with Crippen molar-refractivity contribution in [3.63, 3.8) is 0 Å². The fourth-order valence-corrected chi connectivity index (χ4v) is 2.73. The molecule has 0 radical (unpaired) electrons. The Morgan fingerprint density at radius 2 is 2.20 bits per heavy atom. The SMILES string of the molecule is CC(=O)N1CCC(c2[nH]ccc2Br)CC1. The molecule has 15 heavy (non-hydrogen) atoms. The number of amides is 1. The number of carbonyl (C=O) groups excluding carboxylic acids is 1. The molecule has 2 heterocycles. The Morgan fingerprint density at radius 3 is 2.67 bits per heavy atom. The van der Waals surface area contributed by atoms with Gasteiger partial charge in [-0.15, -0.1) is 0 Å². The molecule has 2 rings (SSSR count). The first kappa shape index (κ1) is 10.7. The number of aromatic nitrogens is 1. The zero-order valence-electron chi connectivity index (χ0n) is 8.79. The minimum atomic E-state index is 0.194. The van der Waals surface area contributed by atoms with Crippen molar-refractivity contribution in [1.29, 1.82) is 0 Å². The molecule has 82 valence electrons. The summed E-state index contributed by atoms with van der Waals surface area (Å²) in [7, 11) is 0. The van der Waals surface area contributed by atoms with E-state index in [9.17, 15) is 4.79 Å². The highest BCUT2D eigenvalue weighted by molar-refractivity contribution is 9.10. The van der Waals surface area contributed by atoms with Crippen LogP contribution in [0.1, 0.15) is 31.4 Å². The minimum absolute atomic E-state index is 0.194. The lowest BCUT2D eigenvalue weighted by Gasteiger charge is -2.31. The molecule has 1 aromatic rings. The Hall–Kier alpha value is -0.770. The molecule has 0 aliphatic carbocycles. The fraction of sp³-hybridized carbons (Fsp3) is 0.545. The van der Waals surface area contributed by atoms with Crippen molar-refractivity contribution in [3.8, 4) is 0 Å². The van der Waals surface area contributed by atoms with Crippen LogP contribution in [0.2, 0.25) is 0 Å². The summed E-state index contributed by atoms with van der Waals surface area (Å²) in [6.07, 6.45) is 4.06. The maximum absolute atomic E-state index is 11.2. The molecular weight excluding hydrogens is 256 g/mol. The number of H-pyrrole nitrogens is 1. The van der Waals surface area contributed by atoms with Gasteiger partial charge >= 0.3 is 0 Å². The second kappa shape index (κ2) is 4.39. The second-order valence-corrected chi connectivity index (χ2v) is 4.87. The number of carbonyl (C=O) groups is 1. The van der Waals surface area contributed by atoms with Gasteiger partial charge in [0.15, 0.2) is 0 Å². The monoisotopic (exact) mass is 270 g/mol. The largest absolute Gasteiger partial charge is 0.364 e. The Morgan fingerprint density at radius 1 is 1.53 bits per heavy atom. The standard InChI is InChI=1S/C11H15BrN2O/c1-8(15)14-6-3-9(4-7-14)11-10(12)2-5-13-11/h2,5,9,13H,3-4,6-7H2,1H3. The minimum Gasteiger partial charge on any atom is -0.364 e. The summed E-state index contributed by atoms with van der Waals surface area (Å²) >= 11 is 3.53. The molecule has 1 N–H and O–H groups in total. The molecule has 1 aliphatic heterocycles. The summed E-state index contributed by atoms with van der Waals surface area (Å²) < 4.78 is 1.16. The van der Waals surface area contributed by atoms with E-state index in [0.717, 1.165) is 30.4 Å². The van der Waals surface area contributed by atoms with Crippen molar-refractivity contribution < 1.29 is 4.79 Å². The van der Waals surface area contributed by atoms with Gasteiger partial charge < -0.3 is 9.88 Å². The Kier molecular flexibility index (Phi) is 3.14. The van der Waals surface area contributed by atoms with Gasteiger partial charge in [0.1, 0.15) is 0 Å². The molecule has 0 aromatic carbocycles. The first-order chi connectivity index (χ1) is 7.18. The molecule has 1 fully saturated rings. The van der Waals surface area contributed by atoms with Crippen LogP contribution in [0.25, 0.3) is 0 Å². The highest BCUT2D eigenvalue weighted by Gasteiger charge is 2.23. The predicted molar refractivity (Wildman–Crippen MR) is 62.7 cm³/mol. The smallest absolute Gasteiger partial charge is 0.219 e. The number of nitrogens with one attached hydrogen (secondary N) is 1. The van der Waals surface area contributed by atoms with E-state index in [2.05, 4.69) is 20.9 Å². The van der Waals surface area contributed by atoms with E-state index in [1.54, 1.807) is 6.92 Å². The third-order valence-corrected chi connectivity index (χ3v) is 3.77. The summed E-state index contributed by atoms with van der Waals surface area (Å²) in [5.74, 6) is 0.754. The van der Waals surface area contributed by atoms with E-state index in [1.165, 1.54) is 5.69 Å². The normalized spacial score (nSPS) is 18.1. The van der Waals surface area contributed by atoms with E-state index < -0.39 is 0 Å². The summed E-state index contributed by atoms with van der Waals surface area (Å²) in [4.78, 5) is 16.4. The van der Waals surface area contributed by atoms with Crippen LogP contribution in [0.4, 0.5) is 0 Å². The van der Waals surface area contributed by atoms with Crippen LogP contribution in [-0.4, -0.2) is 28.9 Å². The van der Waals surface area contributed by atoms with Gasteiger partial charge in [-0.2, -0.15) is 0 Å². The first-order valence-corrected chi connectivity index (χ1v) is 6.06. The topological polar surface area (TPSA) is 36.1 Å². The van der Waals surface area contributed by atoms with Crippen molar-refractivity contribution in [1.82, 2.24) is 9.88 Å². The van der Waals surface area contributed by atoms with Crippen LogP contribution in [0, 0.1) is 0 Å². The van der Waals surface area contributed by atoms with Gasteiger partial charge in [0.2, 0.25) is 5.91 Å². The molecule has 1 amide bonds. The average Bonchev–Trinajstić information content (AvgIpc) is 2.65. The molecule has 3 nitrogen and oxygen atoms in total. The molecule has 0 atom stereocenters. The van der Waals surface area contributed by atoms with E-state index >= 15 is 0 Å². The van der Waals surface area contributed by atoms with Gasteiger partial charge in [-0.25, -0.2) is 0 Å². The Labute approximate surface area is 98.0 Å². The van der Waals surface area contributed by atoms with Crippen LogP contribution in [0.3, 0.4) is 0 Å². The van der Waals surface area contributed by atoms with E-state index in [4.69, 9.17) is 0 Å². The second-order valence-electron chi connectivity index (χ2n) is 4.02. The number of piperidine rings is 1. The molecule has 0 unspecified atom stereocenters. The van der Waals surface area contributed by atoms with Gasteiger partial charge in [0.05, 0.1) is 0 Å². The zero-order chi connectivity index (χ0) is 10.8. The highest BCUT2D eigenvalue weighted by Crippen LogP contribution is 2.31. The Balaban J connectivity index is 2.00. The van der Waals surface area contributed by atoms with Crippen molar-refractivity contribution in [3.05, 3.63) is 22.4 Å². The number of rotatable bonds is 1. The highest BCUT2D eigenvalue weighted by atomic mass is 79.9. The fourth-order valence-electron chi connectivity index (χ4n) is 2.16. The maximum atomic E-state index is 11.2. The third-order valence-electron chi connectivity index (χ3n) is 3.07. The van der Waals surface area contributed by atoms with Gasteiger partial charge in [-0.3, -0.25) is 4.79 Å². The lowest BCUT2D eigenvalue weighted by atomic mass is 9.94. The number of aromatic amines is 1. The quantitative estimate of drug-likeness (QED) is 0.837. The maximum Gasteiger partial charge on any atom is 0.219 e. The lowest BCUT2D eigenvalue weighted by Crippen LogP contribution is -2.36. The predicted octanol–water partition coefficient (Wildman–Crippen LogP) is 2.50. The number of hydrogen-bond donors (Lipinski definition) is 1. The van der Waals surface area contributed by atoms with Crippen LogP contribution >= 0.6 is 15.9 Å². The van der Waals surface area contributed by atoms with E-state index in [0.29, 0.717) is 5.92 Å². The van der Waals surface area contributed by atoms with Crippen LogP contribution in [0.5, 0.6) is 0 Å². The number of halogens is 1. The molecule has 1 saturated heterocycles. The van der Waals surface area contributed by atoms with Gasteiger partial charge in [0, 0.05) is 42.3 Å².